The van der Waals surface area contributed by atoms with Crippen molar-refractivity contribution in [3.05, 3.63) is 71.8 Å². The molecule has 2 saturated heterocycles. The van der Waals surface area contributed by atoms with Gasteiger partial charge in [-0.2, -0.15) is 0 Å². The number of benzene rings is 2. The van der Waals surface area contributed by atoms with E-state index >= 15 is 0 Å². The van der Waals surface area contributed by atoms with Crippen LogP contribution >= 0.6 is 7.66 Å². The number of hydrogen-bond acceptors (Lipinski definition) is 5. The van der Waals surface area contributed by atoms with Crippen LogP contribution in [-0.2, 0) is 18.1 Å². The Labute approximate surface area is 153 Å². The molecule has 0 aliphatic carbocycles. The van der Waals surface area contributed by atoms with Gasteiger partial charge in [-0.25, -0.2) is 0 Å². The van der Waals surface area contributed by atoms with Gasteiger partial charge in [0.2, 0.25) is 0 Å². The number of rotatable bonds is 2. The third-order valence-corrected chi connectivity index (χ3v) is 8.49. The molecular weight excluding hydrogens is 349 g/mol. The van der Waals surface area contributed by atoms with Crippen LogP contribution in [0, 0.1) is 0 Å². The Kier molecular flexibility index (Phi) is 3.80. The van der Waals surface area contributed by atoms with E-state index in [-0.39, 0.29) is 0 Å². The van der Waals surface area contributed by atoms with Gasteiger partial charge in [0.05, 0.1) is 0 Å². The zero-order chi connectivity index (χ0) is 17.5. The second-order valence-electron chi connectivity index (χ2n) is 6.67. The third-order valence-electron chi connectivity index (χ3n) is 4.96. The first-order chi connectivity index (χ1) is 12.8. The van der Waals surface area contributed by atoms with Crippen LogP contribution in [0.2, 0.25) is 0 Å². The van der Waals surface area contributed by atoms with E-state index in [0.29, 0.717) is 24.7 Å². The second kappa shape index (κ2) is 6.07. The molecule has 3 aliphatic heterocycles. The van der Waals surface area contributed by atoms with Crippen molar-refractivity contribution in [3.63, 3.8) is 0 Å². The maximum absolute atomic E-state index is 6.60. The van der Waals surface area contributed by atoms with Crippen molar-refractivity contribution in [2.45, 2.75) is 12.8 Å². The molecule has 0 atom stereocenters. The molecule has 0 aromatic heterocycles. The topological polar surface area (TPSA) is 40.2 Å². The summed E-state index contributed by atoms with van der Waals surface area (Å²) in [5, 5.41) is 0. The van der Waals surface area contributed by atoms with Gasteiger partial charge in [0.1, 0.15) is 0 Å². The van der Waals surface area contributed by atoms with Gasteiger partial charge in [-0.05, 0) is 0 Å². The summed E-state index contributed by atoms with van der Waals surface area (Å²) in [6, 6.07) is 20.1. The first-order valence-corrected chi connectivity index (χ1v) is 11.0. The first kappa shape index (κ1) is 16.3. The monoisotopic (exact) mass is 371 g/mol. The molecule has 2 aromatic rings. The SMILES string of the molecule is c1ccc(C2=C(c3ccccc3)OP34(OCCCN3CCCO4)O2)cc1. The fourth-order valence-corrected chi connectivity index (χ4v) is 7.41. The normalized spacial score (nSPS) is 25.6. The Morgan fingerprint density at radius 1 is 0.654 bits per heavy atom. The Morgan fingerprint density at radius 2 is 1.12 bits per heavy atom. The van der Waals surface area contributed by atoms with Gasteiger partial charge >= 0.3 is 153 Å². The van der Waals surface area contributed by atoms with E-state index in [1.807, 2.05) is 60.7 Å². The van der Waals surface area contributed by atoms with Gasteiger partial charge < -0.3 is 0 Å². The molecule has 2 fully saturated rings. The fourth-order valence-electron chi connectivity index (χ4n) is 3.74. The summed E-state index contributed by atoms with van der Waals surface area (Å²) in [4.78, 5) is 0. The summed E-state index contributed by atoms with van der Waals surface area (Å²) in [6.45, 7) is 2.89. The van der Waals surface area contributed by atoms with Crippen molar-refractivity contribution in [1.29, 1.82) is 0 Å². The molecule has 0 bridgehead atoms. The quantitative estimate of drug-likeness (QED) is 0.707. The van der Waals surface area contributed by atoms with Gasteiger partial charge in [-0.3, -0.25) is 0 Å². The standard InChI is InChI=1S/C20H22NO4P/c1-3-9-17(10-4-1)19-20(18-11-5-2-6-12-18)25-26(24-19)21(13-7-15-22-26)14-8-16-23-26/h1-6,9-12H,7-8,13-16H2. The predicted molar refractivity (Wildman–Crippen MR) is 101 cm³/mol. The van der Waals surface area contributed by atoms with E-state index in [1.165, 1.54) is 0 Å². The molecule has 0 unspecified atom stereocenters. The van der Waals surface area contributed by atoms with Crippen LogP contribution in [0.5, 0.6) is 0 Å². The van der Waals surface area contributed by atoms with E-state index in [9.17, 15) is 0 Å². The predicted octanol–water partition coefficient (Wildman–Crippen LogP) is 4.83. The first-order valence-electron chi connectivity index (χ1n) is 9.12. The zero-order valence-corrected chi connectivity index (χ0v) is 15.4. The van der Waals surface area contributed by atoms with Crippen molar-refractivity contribution in [1.82, 2.24) is 4.67 Å². The van der Waals surface area contributed by atoms with Crippen LogP contribution in [0.15, 0.2) is 60.7 Å². The van der Waals surface area contributed by atoms with Crippen molar-refractivity contribution >= 4 is 19.2 Å². The average molecular weight is 371 g/mol. The minimum atomic E-state index is -3.81. The molecule has 0 saturated carbocycles. The zero-order valence-electron chi connectivity index (χ0n) is 14.5. The summed E-state index contributed by atoms with van der Waals surface area (Å²) in [6.07, 6.45) is 1.91. The van der Waals surface area contributed by atoms with Crippen LogP contribution in [0.25, 0.3) is 11.5 Å². The van der Waals surface area contributed by atoms with E-state index in [2.05, 4.69) is 4.67 Å². The molecule has 3 aliphatic rings. The molecule has 0 amide bonds. The Balaban J connectivity index is 1.66. The van der Waals surface area contributed by atoms with Crippen molar-refractivity contribution < 1.29 is 18.1 Å². The molecule has 26 heavy (non-hydrogen) atoms. The molecule has 1 spiro atoms. The van der Waals surface area contributed by atoms with Crippen LogP contribution in [-0.4, -0.2) is 31.0 Å². The summed E-state index contributed by atoms with van der Waals surface area (Å²) in [5.74, 6) is 1.39. The van der Waals surface area contributed by atoms with Crippen LogP contribution in [0.1, 0.15) is 24.0 Å². The summed E-state index contributed by atoms with van der Waals surface area (Å²) in [7, 11) is -3.81. The van der Waals surface area contributed by atoms with Gasteiger partial charge in [0.15, 0.2) is 0 Å². The van der Waals surface area contributed by atoms with Crippen LogP contribution in [0.4, 0.5) is 0 Å². The summed E-state index contributed by atoms with van der Waals surface area (Å²) >= 11 is 0. The Hall–Kier alpha value is -1.91. The Bertz CT molecular complexity index is 772. The van der Waals surface area contributed by atoms with E-state index in [0.717, 1.165) is 37.1 Å². The molecular formula is C20H22NO4P. The molecule has 0 radical (unpaired) electrons. The van der Waals surface area contributed by atoms with E-state index < -0.39 is 7.66 Å². The summed E-state index contributed by atoms with van der Waals surface area (Å²) in [5.41, 5.74) is 1.93. The Morgan fingerprint density at radius 3 is 1.58 bits per heavy atom. The third kappa shape index (κ3) is 2.39. The van der Waals surface area contributed by atoms with Crippen LogP contribution < -0.4 is 0 Å². The molecule has 6 heteroatoms. The van der Waals surface area contributed by atoms with Gasteiger partial charge in [0.25, 0.3) is 0 Å². The van der Waals surface area contributed by atoms with Crippen molar-refractivity contribution in [2.24, 2.45) is 0 Å². The molecule has 2 aromatic carbocycles. The van der Waals surface area contributed by atoms with Gasteiger partial charge in [-0.1, -0.05) is 0 Å². The van der Waals surface area contributed by atoms with Crippen molar-refractivity contribution in [3.8, 4) is 0 Å². The minimum absolute atomic E-state index is 0.582. The van der Waals surface area contributed by atoms with E-state index in [1.54, 1.807) is 0 Å². The second-order valence-corrected chi connectivity index (χ2v) is 9.67. The maximum atomic E-state index is 6.60. The number of nitrogens with zero attached hydrogens (tertiary/aromatic N) is 1. The average Bonchev–Trinajstić information content (AvgIpc) is 3.05. The molecule has 3 heterocycles. The molecule has 136 valence electrons. The van der Waals surface area contributed by atoms with Crippen LogP contribution in [0.3, 0.4) is 0 Å². The van der Waals surface area contributed by atoms with Gasteiger partial charge in [0, 0.05) is 0 Å². The fraction of sp³-hybridized carbons (Fsp3) is 0.300. The molecule has 5 nitrogen and oxygen atoms in total. The van der Waals surface area contributed by atoms with Gasteiger partial charge in [-0.15, -0.1) is 0 Å². The summed E-state index contributed by atoms with van der Waals surface area (Å²) < 4.78 is 27.9. The molecule has 0 N–H and O–H groups in total. The van der Waals surface area contributed by atoms with Crippen molar-refractivity contribution in [2.75, 3.05) is 26.3 Å². The van der Waals surface area contributed by atoms with E-state index in [4.69, 9.17) is 18.1 Å². The number of hydrogen-bond donors (Lipinski definition) is 0. The molecule has 5 rings (SSSR count).